The Hall–Kier alpha value is -1.50. The molecule has 0 rings (SSSR count). The van der Waals surface area contributed by atoms with Gasteiger partial charge in [-0.25, -0.2) is 0 Å². The smallest absolute Gasteiger partial charge is 0.306 e. The molecule has 4 nitrogen and oxygen atoms in total. The van der Waals surface area contributed by atoms with Gasteiger partial charge in [-0.15, -0.1) is 6.42 Å². The van der Waals surface area contributed by atoms with E-state index in [9.17, 15) is 9.59 Å². The first-order valence-corrected chi connectivity index (χ1v) is 4.81. The molecule has 0 aliphatic carbocycles. The SMILES string of the molecule is C#CC(=O)NCCCC(=O)OC(C)(C)C. The number of ether oxygens (including phenoxy) is 1. The zero-order chi connectivity index (χ0) is 11.9. The minimum atomic E-state index is -0.459. The van der Waals surface area contributed by atoms with Crippen LogP contribution in [0.15, 0.2) is 0 Å². The molecule has 0 aliphatic rings. The Bertz CT molecular complexity index is 271. The van der Waals surface area contributed by atoms with Crippen molar-refractivity contribution >= 4 is 11.9 Å². The van der Waals surface area contributed by atoms with Crippen LogP contribution in [0.3, 0.4) is 0 Å². The number of nitrogens with one attached hydrogen (secondary N) is 1. The van der Waals surface area contributed by atoms with Gasteiger partial charge in [-0.2, -0.15) is 0 Å². The molecule has 0 aromatic heterocycles. The fourth-order valence-corrected chi connectivity index (χ4v) is 0.878. The summed E-state index contributed by atoms with van der Waals surface area (Å²) in [4.78, 5) is 21.8. The largest absolute Gasteiger partial charge is 0.460 e. The lowest BCUT2D eigenvalue weighted by molar-refractivity contribution is -0.154. The number of carbonyl (C=O) groups is 2. The van der Waals surface area contributed by atoms with E-state index in [1.807, 2.05) is 26.7 Å². The van der Waals surface area contributed by atoms with E-state index in [1.165, 1.54) is 0 Å². The molecule has 0 radical (unpaired) electrons. The summed E-state index contributed by atoms with van der Waals surface area (Å²) in [5.74, 6) is 1.20. The summed E-state index contributed by atoms with van der Waals surface area (Å²) in [7, 11) is 0. The van der Waals surface area contributed by atoms with Gasteiger partial charge in [-0.05, 0) is 33.1 Å². The number of amides is 1. The lowest BCUT2D eigenvalue weighted by Gasteiger charge is -2.19. The number of hydrogen-bond acceptors (Lipinski definition) is 3. The molecule has 1 amide bonds. The van der Waals surface area contributed by atoms with Crippen molar-refractivity contribution in [1.82, 2.24) is 5.32 Å². The Balaban J connectivity index is 3.57. The summed E-state index contributed by atoms with van der Waals surface area (Å²) in [6.07, 6.45) is 5.65. The van der Waals surface area contributed by atoms with Gasteiger partial charge in [0.1, 0.15) is 5.60 Å². The molecule has 15 heavy (non-hydrogen) atoms. The summed E-state index contributed by atoms with van der Waals surface area (Å²) >= 11 is 0. The zero-order valence-electron chi connectivity index (χ0n) is 9.42. The van der Waals surface area contributed by atoms with E-state index in [1.54, 1.807) is 0 Å². The fraction of sp³-hybridized carbons (Fsp3) is 0.636. The summed E-state index contributed by atoms with van der Waals surface area (Å²) in [5, 5.41) is 2.47. The molecular weight excluding hydrogens is 194 g/mol. The Morgan fingerprint density at radius 1 is 1.40 bits per heavy atom. The van der Waals surface area contributed by atoms with Gasteiger partial charge < -0.3 is 10.1 Å². The molecule has 0 saturated carbocycles. The van der Waals surface area contributed by atoms with Crippen LogP contribution in [0.25, 0.3) is 0 Å². The summed E-state index contributed by atoms with van der Waals surface area (Å²) in [6, 6.07) is 0. The Labute approximate surface area is 90.4 Å². The monoisotopic (exact) mass is 211 g/mol. The molecule has 0 aliphatic heterocycles. The maximum atomic E-state index is 11.2. The Morgan fingerprint density at radius 3 is 2.47 bits per heavy atom. The normalized spacial score (nSPS) is 10.3. The molecule has 1 N–H and O–H groups in total. The second-order valence-corrected chi connectivity index (χ2v) is 4.09. The fourth-order valence-electron chi connectivity index (χ4n) is 0.878. The molecule has 0 aromatic rings. The topological polar surface area (TPSA) is 55.4 Å². The van der Waals surface area contributed by atoms with Crippen LogP contribution in [0, 0.1) is 12.3 Å². The average molecular weight is 211 g/mol. The molecule has 84 valence electrons. The average Bonchev–Trinajstić information content (AvgIpc) is 2.09. The first-order chi connectivity index (χ1) is 6.85. The van der Waals surface area contributed by atoms with E-state index in [-0.39, 0.29) is 12.4 Å². The standard InChI is InChI=1S/C11H17NO3/c1-5-9(13)12-8-6-7-10(14)15-11(2,3)4/h1H,6-8H2,2-4H3,(H,12,13). The van der Waals surface area contributed by atoms with Crippen LogP contribution in [-0.4, -0.2) is 24.0 Å². The number of terminal acetylenes is 1. The van der Waals surface area contributed by atoms with Crippen molar-refractivity contribution in [3.63, 3.8) is 0 Å². The van der Waals surface area contributed by atoms with Gasteiger partial charge in [-0.1, -0.05) is 0 Å². The zero-order valence-corrected chi connectivity index (χ0v) is 9.42. The molecule has 0 saturated heterocycles. The van der Waals surface area contributed by atoms with Crippen LogP contribution in [-0.2, 0) is 14.3 Å². The van der Waals surface area contributed by atoms with E-state index in [4.69, 9.17) is 11.2 Å². The second kappa shape index (κ2) is 6.07. The predicted octanol–water partition coefficient (Wildman–Crippen LogP) is 0.858. The van der Waals surface area contributed by atoms with Gasteiger partial charge in [0, 0.05) is 13.0 Å². The van der Waals surface area contributed by atoms with Gasteiger partial charge in [0.2, 0.25) is 0 Å². The number of rotatable bonds is 4. The Kier molecular flexibility index (Phi) is 5.46. The van der Waals surface area contributed by atoms with E-state index in [0.717, 1.165) is 0 Å². The lowest BCUT2D eigenvalue weighted by atomic mass is 10.2. The number of carbonyl (C=O) groups excluding carboxylic acids is 2. The van der Waals surface area contributed by atoms with Crippen molar-refractivity contribution < 1.29 is 14.3 Å². The molecule has 0 heterocycles. The minimum absolute atomic E-state index is 0.266. The van der Waals surface area contributed by atoms with Gasteiger partial charge in [0.05, 0.1) is 0 Å². The summed E-state index contributed by atoms with van der Waals surface area (Å²) in [6.45, 7) is 5.82. The van der Waals surface area contributed by atoms with Gasteiger partial charge in [0.15, 0.2) is 0 Å². The van der Waals surface area contributed by atoms with Crippen molar-refractivity contribution in [3.05, 3.63) is 0 Å². The van der Waals surface area contributed by atoms with Gasteiger partial charge in [-0.3, -0.25) is 9.59 Å². The van der Waals surface area contributed by atoms with E-state index >= 15 is 0 Å². The molecule has 4 heteroatoms. The van der Waals surface area contributed by atoms with Crippen molar-refractivity contribution in [3.8, 4) is 12.3 Å². The first-order valence-electron chi connectivity index (χ1n) is 4.81. The van der Waals surface area contributed by atoms with Gasteiger partial charge in [0.25, 0.3) is 5.91 Å². The highest BCUT2D eigenvalue weighted by atomic mass is 16.6. The van der Waals surface area contributed by atoms with Crippen molar-refractivity contribution in [2.24, 2.45) is 0 Å². The van der Waals surface area contributed by atoms with E-state index in [2.05, 4.69) is 5.32 Å². The van der Waals surface area contributed by atoms with E-state index < -0.39 is 11.5 Å². The highest BCUT2D eigenvalue weighted by Gasteiger charge is 2.15. The van der Waals surface area contributed by atoms with Crippen LogP contribution >= 0.6 is 0 Å². The molecule has 0 atom stereocenters. The van der Waals surface area contributed by atoms with Crippen LogP contribution in [0.4, 0.5) is 0 Å². The predicted molar refractivity (Wildman–Crippen MR) is 56.9 cm³/mol. The molecule has 0 fully saturated rings. The van der Waals surface area contributed by atoms with E-state index in [0.29, 0.717) is 13.0 Å². The Morgan fingerprint density at radius 2 is 2.00 bits per heavy atom. The highest BCUT2D eigenvalue weighted by molar-refractivity contribution is 5.92. The van der Waals surface area contributed by atoms with Crippen molar-refractivity contribution in [2.75, 3.05) is 6.54 Å². The third-order valence-corrected chi connectivity index (χ3v) is 1.39. The quantitative estimate of drug-likeness (QED) is 0.426. The third kappa shape index (κ3) is 8.82. The maximum absolute atomic E-state index is 11.2. The number of esters is 1. The highest BCUT2D eigenvalue weighted by Crippen LogP contribution is 2.08. The summed E-state index contributed by atoms with van der Waals surface area (Å²) < 4.78 is 5.08. The minimum Gasteiger partial charge on any atom is -0.460 e. The number of hydrogen-bond donors (Lipinski definition) is 1. The molecule has 0 unspecified atom stereocenters. The molecular formula is C11H17NO3. The lowest BCUT2D eigenvalue weighted by Crippen LogP contribution is -2.26. The van der Waals surface area contributed by atoms with Crippen LogP contribution < -0.4 is 5.32 Å². The summed E-state index contributed by atoms with van der Waals surface area (Å²) in [5.41, 5.74) is -0.459. The van der Waals surface area contributed by atoms with Crippen molar-refractivity contribution in [1.29, 1.82) is 0 Å². The molecule has 0 bridgehead atoms. The molecule has 0 aromatic carbocycles. The third-order valence-electron chi connectivity index (χ3n) is 1.39. The van der Waals surface area contributed by atoms with Crippen LogP contribution in [0.1, 0.15) is 33.6 Å². The molecule has 0 spiro atoms. The maximum Gasteiger partial charge on any atom is 0.306 e. The van der Waals surface area contributed by atoms with Crippen LogP contribution in [0.2, 0.25) is 0 Å². The first kappa shape index (κ1) is 13.5. The van der Waals surface area contributed by atoms with Crippen LogP contribution in [0.5, 0.6) is 0 Å². The second-order valence-electron chi connectivity index (χ2n) is 4.09. The van der Waals surface area contributed by atoms with Crippen molar-refractivity contribution in [2.45, 2.75) is 39.2 Å². The van der Waals surface area contributed by atoms with Gasteiger partial charge >= 0.3 is 5.97 Å².